The van der Waals surface area contributed by atoms with Gasteiger partial charge in [-0.15, -0.1) is 0 Å². The molecule has 25 heavy (non-hydrogen) atoms. The Morgan fingerprint density at radius 1 is 0.520 bits per heavy atom. The van der Waals surface area contributed by atoms with Crippen LogP contribution in [0.4, 0.5) is 0 Å². The first-order chi connectivity index (χ1) is 10.2. The summed E-state index contributed by atoms with van der Waals surface area (Å²) in [4.78, 5) is 9.00. The largest absolute Gasteiger partial charge is 0.369 e. The SMILES string of the molecule is CC(=NC(C)(C)C)NC(C)(C)C.CC(=NC(C)(C)C)NC(C)(C)C.[Mg]. The minimum absolute atomic E-state index is 0. The summed E-state index contributed by atoms with van der Waals surface area (Å²) in [5.74, 6) is 2.02. The van der Waals surface area contributed by atoms with E-state index in [2.05, 4.69) is 104 Å². The van der Waals surface area contributed by atoms with Gasteiger partial charge in [0.25, 0.3) is 0 Å². The molecule has 0 spiro atoms. The van der Waals surface area contributed by atoms with Crippen molar-refractivity contribution >= 4 is 34.7 Å². The van der Waals surface area contributed by atoms with Crippen molar-refractivity contribution in [3.63, 3.8) is 0 Å². The second kappa shape index (κ2) is 10.8. The summed E-state index contributed by atoms with van der Waals surface area (Å²) < 4.78 is 0. The number of amidine groups is 2. The third-order valence-corrected chi connectivity index (χ3v) is 2.12. The maximum atomic E-state index is 4.50. The van der Waals surface area contributed by atoms with Gasteiger partial charge in [-0.25, -0.2) is 0 Å². The molecule has 0 aliphatic heterocycles. The third kappa shape index (κ3) is 28.8. The Labute approximate surface area is 174 Å². The molecule has 4 nitrogen and oxygen atoms in total. The number of nitrogens with one attached hydrogen (secondary N) is 2. The molecular weight excluding hydrogens is 321 g/mol. The van der Waals surface area contributed by atoms with E-state index in [1.807, 2.05) is 13.8 Å². The van der Waals surface area contributed by atoms with Gasteiger partial charge in [0.15, 0.2) is 0 Å². The lowest BCUT2D eigenvalue weighted by Gasteiger charge is -2.24. The first-order valence-corrected chi connectivity index (χ1v) is 8.89. The predicted molar refractivity (Wildman–Crippen MR) is 117 cm³/mol. The molecule has 0 aliphatic carbocycles. The summed E-state index contributed by atoms with van der Waals surface area (Å²) in [5, 5.41) is 6.65. The lowest BCUT2D eigenvalue weighted by Crippen LogP contribution is -2.40. The molecule has 5 heteroatoms. The summed E-state index contributed by atoms with van der Waals surface area (Å²) in [7, 11) is 0. The fourth-order valence-corrected chi connectivity index (χ4v) is 2.15. The van der Waals surface area contributed by atoms with Crippen LogP contribution in [0.15, 0.2) is 9.98 Å². The standard InChI is InChI=1S/2C10H22N2.Mg/c2*1-8(11-9(2,3)4)12-10(5,6)7;/h2*1-7H3,(H,11,12);. The Morgan fingerprint density at radius 3 is 0.840 bits per heavy atom. The first-order valence-electron chi connectivity index (χ1n) is 8.89. The van der Waals surface area contributed by atoms with Crippen LogP contribution in [0, 0.1) is 0 Å². The van der Waals surface area contributed by atoms with Crippen LogP contribution in [-0.4, -0.2) is 56.9 Å². The summed E-state index contributed by atoms with van der Waals surface area (Å²) in [6, 6.07) is 0. The molecule has 0 fully saturated rings. The van der Waals surface area contributed by atoms with Crippen LogP contribution in [-0.2, 0) is 0 Å². The first kappa shape index (κ1) is 29.5. The fraction of sp³-hybridized carbons (Fsp3) is 0.900. The Kier molecular flexibility index (Phi) is 12.7. The highest BCUT2D eigenvalue weighted by molar-refractivity contribution is 5.81. The van der Waals surface area contributed by atoms with E-state index < -0.39 is 0 Å². The van der Waals surface area contributed by atoms with E-state index >= 15 is 0 Å². The van der Waals surface area contributed by atoms with Crippen LogP contribution in [0.5, 0.6) is 0 Å². The van der Waals surface area contributed by atoms with E-state index in [9.17, 15) is 0 Å². The molecule has 2 radical (unpaired) electrons. The molecule has 0 rings (SSSR count). The van der Waals surface area contributed by atoms with E-state index in [1.54, 1.807) is 0 Å². The Balaban J connectivity index is -0.000000372. The highest BCUT2D eigenvalue weighted by Gasteiger charge is 2.13. The number of aliphatic imine (C=N–C) groups is 2. The van der Waals surface area contributed by atoms with Gasteiger partial charge in [0.05, 0.1) is 22.7 Å². The molecule has 0 unspecified atom stereocenters. The van der Waals surface area contributed by atoms with Crippen molar-refractivity contribution in [3.05, 3.63) is 0 Å². The average Bonchev–Trinajstić information content (AvgIpc) is 2.02. The van der Waals surface area contributed by atoms with Crippen LogP contribution in [0.25, 0.3) is 0 Å². The van der Waals surface area contributed by atoms with Crippen LogP contribution in [0.3, 0.4) is 0 Å². The van der Waals surface area contributed by atoms with E-state index in [0.717, 1.165) is 11.7 Å². The second-order valence-electron chi connectivity index (χ2n) is 10.5. The second-order valence-corrected chi connectivity index (χ2v) is 10.5. The Hall–Kier alpha value is -0.294. The van der Waals surface area contributed by atoms with Crippen molar-refractivity contribution in [2.24, 2.45) is 9.98 Å². The van der Waals surface area contributed by atoms with Gasteiger partial charge in [0.2, 0.25) is 0 Å². The summed E-state index contributed by atoms with van der Waals surface area (Å²) in [6.45, 7) is 29.4. The van der Waals surface area contributed by atoms with Gasteiger partial charge < -0.3 is 10.6 Å². The fourth-order valence-electron chi connectivity index (χ4n) is 2.15. The van der Waals surface area contributed by atoms with Gasteiger partial charge in [-0.3, -0.25) is 9.98 Å². The van der Waals surface area contributed by atoms with Crippen LogP contribution >= 0.6 is 0 Å². The minimum atomic E-state index is 0. The van der Waals surface area contributed by atoms with Gasteiger partial charge in [-0.1, -0.05) is 0 Å². The summed E-state index contributed by atoms with van der Waals surface area (Å²) in [5.41, 5.74) is 0.252. The maximum absolute atomic E-state index is 4.50. The lowest BCUT2D eigenvalue weighted by atomic mass is 10.1. The van der Waals surface area contributed by atoms with Gasteiger partial charge in [0.1, 0.15) is 0 Å². The van der Waals surface area contributed by atoms with Crippen molar-refractivity contribution < 1.29 is 0 Å². The van der Waals surface area contributed by atoms with E-state index in [0.29, 0.717) is 0 Å². The summed E-state index contributed by atoms with van der Waals surface area (Å²) in [6.07, 6.45) is 0. The summed E-state index contributed by atoms with van der Waals surface area (Å²) >= 11 is 0. The van der Waals surface area contributed by atoms with Crippen molar-refractivity contribution in [2.45, 2.75) is 119 Å². The molecule has 0 aromatic rings. The molecule has 0 aliphatic rings. The van der Waals surface area contributed by atoms with Gasteiger partial charge in [-0.2, -0.15) is 0 Å². The lowest BCUT2D eigenvalue weighted by molar-refractivity contribution is 0.499. The average molecular weight is 365 g/mol. The molecule has 0 bridgehead atoms. The minimum Gasteiger partial charge on any atom is -0.369 e. The van der Waals surface area contributed by atoms with Crippen molar-refractivity contribution in [2.75, 3.05) is 0 Å². The van der Waals surface area contributed by atoms with Crippen LogP contribution in [0.2, 0.25) is 0 Å². The van der Waals surface area contributed by atoms with Crippen molar-refractivity contribution in [1.82, 2.24) is 10.6 Å². The van der Waals surface area contributed by atoms with E-state index in [4.69, 9.17) is 0 Å². The van der Waals surface area contributed by atoms with Crippen LogP contribution in [0.1, 0.15) is 96.9 Å². The smallest absolute Gasteiger partial charge is 0.0942 e. The molecule has 0 saturated carbocycles. The molecule has 2 N–H and O–H groups in total. The Bertz CT molecular complexity index is 383. The number of rotatable bonds is 0. The van der Waals surface area contributed by atoms with Gasteiger partial charge in [0, 0.05) is 34.1 Å². The van der Waals surface area contributed by atoms with Crippen molar-refractivity contribution in [3.8, 4) is 0 Å². The van der Waals surface area contributed by atoms with E-state index in [-0.39, 0.29) is 45.2 Å². The molecule has 146 valence electrons. The zero-order chi connectivity index (χ0) is 20.0. The number of hydrogen-bond acceptors (Lipinski definition) is 2. The third-order valence-electron chi connectivity index (χ3n) is 2.12. The normalized spacial score (nSPS) is 14.2. The number of nitrogens with zero attached hydrogens (tertiary/aromatic N) is 2. The van der Waals surface area contributed by atoms with E-state index in [1.165, 1.54) is 0 Å². The zero-order valence-corrected chi connectivity index (χ0v) is 21.0. The monoisotopic (exact) mass is 364 g/mol. The number of hydrogen-bond donors (Lipinski definition) is 2. The molecule has 0 atom stereocenters. The molecule has 0 saturated heterocycles. The highest BCUT2D eigenvalue weighted by atomic mass is 24.3. The quantitative estimate of drug-likeness (QED) is 0.368. The van der Waals surface area contributed by atoms with Gasteiger partial charge >= 0.3 is 0 Å². The van der Waals surface area contributed by atoms with Crippen molar-refractivity contribution in [1.29, 1.82) is 0 Å². The highest BCUT2D eigenvalue weighted by Crippen LogP contribution is 2.08. The Morgan fingerprint density at radius 2 is 0.720 bits per heavy atom. The van der Waals surface area contributed by atoms with Gasteiger partial charge in [-0.05, 0) is 96.9 Å². The topological polar surface area (TPSA) is 48.8 Å². The predicted octanol–water partition coefficient (Wildman–Crippen LogP) is 4.80. The maximum Gasteiger partial charge on any atom is 0.0942 e. The molecule has 0 aromatic carbocycles. The molecule has 0 heterocycles. The zero-order valence-electron chi connectivity index (χ0n) is 19.6. The molecular formula is C20H44MgN4. The molecule has 0 aromatic heterocycles. The molecule has 0 amide bonds. The van der Waals surface area contributed by atoms with Crippen LogP contribution < -0.4 is 10.6 Å².